The zero-order valence-corrected chi connectivity index (χ0v) is 37.4. The molecule has 2 heterocycles. The molecule has 0 saturated heterocycles. The van der Waals surface area contributed by atoms with Gasteiger partial charge in [-0.25, -0.2) is 0 Å². The van der Waals surface area contributed by atoms with Crippen molar-refractivity contribution in [2.75, 3.05) is 11.9 Å². The minimum atomic E-state index is -0.416. The van der Waals surface area contributed by atoms with E-state index in [4.69, 9.17) is 4.74 Å². The maximum Gasteiger partial charge on any atom is 0.131 e. The molecule has 0 radical (unpaired) electrons. The van der Waals surface area contributed by atoms with E-state index in [1.54, 1.807) is 0 Å². The van der Waals surface area contributed by atoms with Gasteiger partial charge in [0.25, 0.3) is 0 Å². The number of allylic oxidation sites excluding steroid dienone is 9. The number of para-hydroxylation sites is 4. The van der Waals surface area contributed by atoms with Crippen LogP contribution in [0.2, 0.25) is 0 Å². The second kappa shape index (κ2) is 17.1. The van der Waals surface area contributed by atoms with E-state index in [9.17, 15) is 0 Å². The van der Waals surface area contributed by atoms with Crippen LogP contribution in [-0.4, -0.2) is 11.6 Å². The van der Waals surface area contributed by atoms with Crippen molar-refractivity contribution in [3.05, 3.63) is 265 Å². The number of ether oxygens (including phenoxy) is 1. The number of aromatic nitrogens is 1. The first-order chi connectivity index (χ1) is 32.6. The van der Waals surface area contributed by atoms with E-state index >= 15 is 0 Å². The molecule has 66 heavy (non-hydrogen) atoms. The summed E-state index contributed by atoms with van der Waals surface area (Å²) in [5.41, 5.74) is 17.3. The quantitative estimate of drug-likeness (QED) is 0.142. The summed E-state index contributed by atoms with van der Waals surface area (Å²) in [6.45, 7) is 6.11. The molecule has 318 valence electrons. The smallest absolute Gasteiger partial charge is 0.131 e. The highest BCUT2D eigenvalue weighted by molar-refractivity contribution is 6.10. The average molecular weight is 851 g/mol. The Labute approximate surface area is 387 Å². The van der Waals surface area contributed by atoms with Crippen LogP contribution >= 0.6 is 0 Å². The Morgan fingerprint density at radius 1 is 0.606 bits per heavy atom. The van der Waals surface area contributed by atoms with Crippen molar-refractivity contribution in [1.29, 1.82) is 0 Å². The van der Waals surface area contributed by atoms with Gasteiger partial charge in [0.1, 0.15) is 11.5 Å². The highest BCUT2D eigenvalue weighted by Crippen LogP contribution is 2.55. The number of benzene rings is 8. The highest BCUT2D eigenvalue weighted by atomic mass is 16.5. The first-order valence-corrected chi connectivity index (χ1v) is 22.9. The van der Waals surface area contributed by atoms with Crippen LogP contribution in [0.3, 0.4) is 0 Å². The van der Waals surface area contributed by atoms with Gasteiger partial charge in [0.2, 0.25) is 0 Å². The molecule has 8 aromatic carbocycles. The minimum absolute atomic E-state index is 0.416. The zero-order valence-electron chi connectivity index (χ0n) is 37.4. The van der Waals surface area contributed by atoms with E-state index in [1.807, 2.05) is 6.08 Å². The first-order valence-electron chi connectivity index (χ1n) is 22.9. The van der Waals surface area contributed by atoms with Crippen LogP contribution in [-0.2, 0) is 11.8 Å². The van der Waals surface area contributed by atoms with Gasteiger partial charge in [0, 0.05) is 51.6 Å². The fourth-order valence-corrected chi connectivity index (χ4v) is 10.4. The largest absolute Gasteiger partial charge is 0.457 e. The first kappa shape index (κ1) is 40.6. The lowest BCUT2D eigenvalue weighted by molar-refractivity contribution is 0.417. The van der Waals surface area contributed by atoms with Crippen molar-refractivity contribution in [2.45, 2.75) is 25.2 Å². The number of hydrogen-bond donors (Lipinski definition) is 0. The van der Waals surface area contributed by atoms with Crippen molar-refractivity contribution in [1.82, 2.24) is 4.57 Å². The predicted octanol–water partition coefficient (Wildman–Crippen LogP) is 16.5. The number of rotatable bonds is 8. The van der Waals surface area contributed by atoms with Gasteiger partial charge in [-0.15, -0.1) is 0 Å². The Morgan fingerprint density at radius 3 is 2.02 bits per heavy atom. The number of nitrogens with zero attached hydrogens (tertiary/aromatic N) is 2. The molecule has 1 aliphatic heterocycles. The van der Waals surface area contributed by atoms with Crippen molar-refractivity contribution < 1.29 is 4.74 Å². The zero-order chi connectivity index (χ0) is 44.6. The Balaban J connectivity index is 0.999. The lowest BCUT2D eigenvalue weighted by atomic mass is 9.64. The summed E-state index contributed by atoms with van der Waals surface area (Å²) in [5.74, 6) is 1.84. The van der Waals surface area contributed by atoms with Gasteiger partial charge in [-0.05, 0) is 132 Å². The fraction of sp³-hybridized carbons (Fsp3) is 0.0794. The van der Waals surface area contributed by atoms with Crippen molar-refractivity contribution in [2.24, 2.45) is 0 Å². The molecule has 0 N–H and O–H groups in total. The van der Waals surface area contributed by atoms with Gasteiger partial charge >= 0.3 is 0 Å². The van der Waals surface area contributed by atoms with E-state index in [0.717, 1.165) is 58.1 Å². The van der Waals surface area contributed by atoms with E-state index in [0.29, 0.717) is 0 Å². The number of hydrogen-bond acceptors (Lipinski definition) is 2. The molecule has 3 heteroatoms. The van der Waals surface area contributed by atoms with Crippen LogP contribution in [0.15, 0.2) is 237 Å². The van der Waals surface area contributed by atoms with E-state index < -0.39 is 5.41 Å². The van der Waals surface area contributed by atoms with E-state index in [1.165, 1.54) is 60.8 Å². The fourth-order valence-electron chi connectivity index (χ4n) is 10.4. The molecule has 0 atom stereocenters. The van der Waals surface area contributed by atoms with Crippen LogP contribution in [0.25, 0.3) is 55.3 Å². The summed E-state index contributed by atoms with van der Waals surface area (Å²) in [4.78, 5) is 2.26. The summed E-state index contributed by atoms with van der Waals surface area (Å²) in [6.07, 6.45) is 18.9. The molecule has 3 nitrogen and oxygen atoms in total. The van der Waals surface area contributed by atoms with Crippen LogP contribution in [0.1, 0.15) is 41.2 Å². The van der Waals surface area contributed by atoms with Crippen LogP contribution in [0.4, 0.5) is 11.4 Å². The Bertz CT molecular complexity index is 3390. The maximum absolute atomic E-state index is 6.58. The van der Waals surface area contributed by atoms with Crippen molar-refractivity contribution in [3.63, 3.8) is 0 Å². The monoisotopic (exact) mass is 850 g/mol. The molecule has 1 spiro atoms. The maximum atomic E-state index is 6.58. The van der Waals surface area contributed by atoms with Crippen molar-refractivity contribution >= 4 is 38.8 Å². The van der Waals surface area contributed by atoms with E-state index in [2.05, 4.69) is 255 Å². The molecule has 0 saturated carbocycles. The molecule has 1 aromatic heterocycles. The normalized spacial score (nSPS) is 15.0. The lowest BCUT2D eigenvalue weighted by Crippen LogP contribution is -2.33. The van der Waals surface area contributed by atoms with Crippen LogP contribution in [0.5, 0.6) is 11.5 Å². The van der Waals surface area contributed by atoms with Crippen LogP contribution < -0.4 is 9.64 Å². The van der Waals surface area contributed by atoms with Gasteiger partial charge in [0.05, 0.1) is 16.4 Å². The predicted molar refractivity (Wildman–Crippen MR) is 279 cm³/mol. The molecule has 0 bridgehead atoms. The van der Waals surface area contributed by atoms with Crippen LogP contribution in [0, 0.1) is 0 Å². The molecular weight excluding hydrogens is 801 g/mol. The molecule has 0 fully saturated rings. The molecule has 1 aliphatic carbocycles. The Hall–Kier alpha value is -8.14. The highest BCUT2D eigenvalue weighted by Gasteiger charge is 2.44. The summed E-state index contributed by atoms with van der Waals surface area (Å²) in [5, 5.41) is 2.45. The average Bonchev–Trinajstić information content (AvgIpc) is 3.74. The summed E-state index contributed by atoms with van der Waals surface area (Å²) < 4.78 is 8.99. The van der Waals surface area contributed by atoms with Gasteiger partial charge in [-0.3, -0.25) is 0 Å². The minimum Gasteiger partial charge on any atom is -0.457 e. The SMILES string of the molecule is C=C/C=C(\C=C/C)c1cc(-c2ccc3c(c2)c2ccccc2n3-c2ccc(-c3ccc4c(c3)C3(C/C=C\C=C/C4)c4ccccc4Oc4ccccc43)cc2)ccc1N(C)c1ccccc1. The summed E-state index contributed by atoms with van der Waals surface area (Å²) >= 11 is 0. The topological polar surface area (TPSA) is 17.4 Å². The third-order valence-corrected chi connectivity index (χ3v) is 13.5. The second-order valence-electron chi connectivity index (χ2n) is 17.3. The molecule has 2 aliphatic rings. The molecule has 0 amide bonds. The van der Waals surface area contributed by atoms with Gasteiger partial charge in [0.15, 0.2) is 0 Å². The number of fused-ring (bicyclic) bond motifs is 9. The summed E-state index contributed by atoms with van der Waals surface area (Å²) in [7, 11) is 2.13. The Kier molecular flexibility index (Phi) is 10.5. The van der Waals surface area contributed by atoms with Crippen molar-refractivity contribution in [3.8, 4) is 39.4 Å². The van der Waals surface area contributed by atoms with Gasteiger partial charge in [-0.1, -0.05) is 164 Å². The molecule has 0 unspecified atom stereocenters. The van der Waals surface area contributed by atoms with E-state index in [-0.39, 0.29) is 0 Å². The second-order valence-corrected chi connectivity index (χ2v) is 17.3. The third-order valence-electron chi connectivity index (χ3n) is 13.5. The third kappa shape index (κ3) is 6.92. The summed E-state index contributed by atoms with van der Waals surface area (Å²) in [6, 6.07) is 66.4. The standard InChI is InChI=1S/C63H50N2O/c1-4-19-45(20-5-2)53-41-47(34-38-58(53)64(3)50-22-10-8-11-23-50)48-35-39-60-54(42-48)52-24-12-15-27-59(52)65(60)51-36-32-44(33-37-51)49-31-30-46-21-9-6-7-18-40-63(57(46)43-49)55-25-13-16-28-61(55)66-62-29-17-14-26-56(62)63/h4-20,22-39,41-43H,1,21,40H2,2-3H3/b9-6-,18-7-,20-5-,45-19+. The van der Waals surface area contributed by atoms with Gasteiger partial charge in [-0.2, -0.15) is 0 Å². The molecule has 9 aromatic rings. The number of anilines is 2. The van der Waals surface area contributed by atoms with Gasteiger partial charge < -0.3 is 14.2 Å². The lowest BCUT2D eigenvalue weighted by Gasteiger charge is -2.41. The Morgan fingerprint density at radius 2 is 1.24 bits per heavy atom. The molecule has 11 rings (SSSR count). The molecular formula is C63H50N2O.